The number of nitrogens with zero attached hydrogens (tertiary/aromatic N) is 1. The van der Waals surface area contributed by atoms with Gasteiger partial charge in [-0.15, -0.1) is 0 Å². The maximum absolute atomic E-state index is 12.2. The molecule has 1 saturated carbocycles. The van der Waals surface area contributed by atoms with Crippen LogP contribution in [0.4, 0.5) is 0 Å². The zero-order chi connectivity index (χ0) is 13.1. The summed E-state index contributed by atoms with van der Waals surface area (Å²) in [6, 6.07) is 4.64. The van der Waals surface area contributed by atoms with Gasteiger partial charge in [-0.25, -0.2) is 0 Å². The summed E-state index contributed by atoms with van der Waals surface area (Å²) in [6.07, 6.45) is 2.24. The Morgan fingerprint density at radius 1 is 1.50 bits per heavy atom. The smallest absolute Gasteiger partial charge is 0.237 e. The third kappa shape index (κ3) is 3.60. The summed E-state index contributed by atoms with van der Waals surface area (Å²) >= 11 is 0. The van der Waals surface area contributed by atoms with Crippen molar-refractivity contribution in [3.8, 4) is 0 Å². The summed E-state index contributed by atoms with van der Waals surface area (Å²) < 4.78 is 5.55. The fourth-order valence-corrected chi connectivity index (χ4v) is 1.94. The van der Waals surface area contributed by atoms with Crippen molar-refractivity contribution in [1.82, 2.24) is 10.2 Å². The van der Waals surface area contributed by atoms with Crippen LogP contribution >= 0.6 is 0 Å². The third-order valence-electron chi connectivity index (χ3n) is 3.09. The molecule has 1 heterocycles. The number of hydrogen-bond donors (Lipinski definition) is 1. The molecule has 0 radical (unpaired) electrons. The van der Waals surface area contributed by atoms with Crippen LogP contribution in [0, 0.1) is 6.92 Å². The van der Waals surface area contributed by atoms with Gasteiger partial charge in [0.05, 0.1) is 13.1 Å². The van der Waals surface area contributed by atoms with Gasteiger partial charge in [-0.3, -0.25) is 4.79 Å². The van der Waals surface area contributed by atoms with Gasteiger partial charge in [-0.05, 0) is 31.9 Å². The van der Waals surface area contributed by atoms with E-state index in [0.29, 0.717) is 25.2 Å². The molecular weight excluding hydrogens is 228 g/mol. The number of amides is 1. The first kappa shape index (κ1) is 13.1. The molecule has 1 aromatic rings. The minimum absolute atomic E-state index is 0.167. The third-order valence-corrected chi connectivity index (χ3v) is 3.09. The van der Waals surface area contributed by atoms with Crippen LogP contribution in [-0.2, 0) is 11.3 Å². The topological polar surface area (TPSA) is 45.5 Å². The Balaban J connectivity index is 1.93. The van der Waals surface area contributed by atoms with Gasteiger partial charge in [0, 0.05) is 12.1 Å². The largest absolute Gasteiger partial charge is 0.464 e. The first-order chi connectivity index (χ1) is 8.56. The maximum atomic E-state index is 12.2. The van der Waals surface area contributed by atoms with E-state index in [1.54, 1.807) is 0 Å². The molecule has 0 unspecified atom stereocenters. The molecule has 0 spiro atoms. The molecule has 100 valence electrons. The minimum atomic E-state index is 0.167. The van der Waals surface area contributed by atoms with Crippen molar-refractivity contribution in [2.75, 3.05) is 6.54 Å². The SMILES string of the molecule is Cc1ccc(CN(C(=O)CNC(C)C)C2CC2)o1. The number of furan rings is 1. The van der Waals surface area contributed by atoms with Crippen molar-refractivity contribution in [1.29, 1.82) is 0 Å². The molecule has 2 rings (SSSR count). The predicted octanol–water partition coefficient (Wildman–Crippen LogP) is 2.08. The van der Waals surface area contributed by atoms with Crippen molar-refractivity contribution in [3.63, 3.8) is 0 Å². The van der Waals surface area contributed by atoms with Crippen molar-refractivity contribution in [2.45, 2.75) is 52.2 Å². The highest BCUT2D eigenvalue weighted by Crippen LogP contribution is 2.28. The van der Waals surface area contributed by atoms with E-state index in [0.717, 1.165) is 24.4 Å². The molecule has 1 amide bonds. The average Bonchev–Trinajstić information content (AvgIpc) is 3.07. The lowest BCUT2D eigenvalue weighted by atomic mass is 10.3. The molecule has 1 aliphatic carbocycles. The Bertz CT molecular complexity index is 408. The van der Waals surface area contributed by atoms with E-state index in [4.69, 9.17) is 4.42 Å². The van der Waals surface area contributed by atoms with Crippen molar-refractivity contribution in [2.24, 2.45) is 0 Å². The molecule has 0 atom stereocenters. The second-order valence-corrected chi connectivity index (χ2v) is 5.30. The molecule has 4 nitrogen and oxygen atoms in total. The van der Waals surface area contributed by atoms with Crippen LogP contribution < -0.4 is 5.32 Å². The quantitative estimate of drug-likeness (QED) is 0.840. The maximum Gasteiger partial charge on any atom is 0.237 e. The van der Waals surface area contributed by atoms with Crippen molar-refractivity contribution < 1.29 is 9.21 Å². The van der Waals surface area contributed by atoms with Crippen LogP contribution in [0.5, 0.6) is 0 Å². The summed E-state index contributed by atoms with van der Waals surface area (Å²) in [6.45, 7) is 7.02. The molecular formula is C14H22N2O2. The fraction of sp³-hybridized carbons (Fsp3) is 0.643. The van der Waals surface area contributed by atoms with Gasteiger partial charge in [0.15, 0.2) is 0 Å². The summed E-state index contributed by atoms with van der Waals surface area (Å²) in [5.74, 6) is 1.94. The molecule has 0 bridgehead atoms. The lowest BCUT2D eigenvalue weighted by Crippen LogP contribution is -2.41. The monoisotopic (exact) mass is 250 g/mol. The van der Waals surface area contributed by atoms with Crippen LogP contribution in [0.3, 0.4) is 0 Å². The van der Waals surface area contributed by atoms with Gasteiger partial charge in [-0.1, -0.05) is 13.8 Å². The van der Waals surface area contributed by atoms with E-state index in [1.807, 2.05) is 37.8 Å². The number of carbonyl (C=O) groups excluding carboxylic acids is 1. The lowest BCUT2D eigenvalue weighted by Gasteiger charge is -2.22. The molecule has 4 heteroatoms. The van der Waals surface area contributed by atoms with Crippen LogP contribution in [0.1, 0.15) is 38.2 Å². The van der Waals surface area contributed by atoms with Gasteiger partial charge >= 0.3 is 0 Å². The van der Waals surface area contributed by atoms with E-state index in [2.05, 4.69) is 5.32 Å². The second-order valence-electron chi connectivity index (χ2n) is 5.30. The number of hydrogen-bond acceptors (Lipinski definition) is 3. The molecule has 1 aliphatic rings. The Morgan fingerprint density at radius 3 is 2.72 bits per heavy atom. The van der Waals surface area contributed by atoms with Crippen molar-refractivity contribution in [3.05, 3.63) is 23.7 Å². The van der Waals surface area contributed by atoms with E-state index >= 15 is 0 Å². The zero-order valence-electron chi connectivity index (χ0n) is 11.4. The molecule has 0 saturated heterocycles. The Kier molecular flexibility index (Phi) is 4.07. The Morgan fingerprint density at radius 2 is 2.22 bits per heavy atom. The highest BCUT2D eigenvalue weighted by Gasteiger charge is 2.32. The van der Waals surface area contributed by atoms with Crippen LogP contribution in [-0.4, -0.2) is 29.4 Å². The summed E-state index contributed by atoms with van der Waals surface area (Å²) in [7, 11) is 0. The van der Waals surface area contributed by atoms with E-state index in [-0.39, 0.29) is 5.91 Å². The standard InChI is InChI=1S/C14H22N2O2/c1-10(2)15-8-14(17)16(12-5-6-12)9-13-7-4-11(3)18-13/h4,7,10,12,15H,5-6,8-9H2,1-3H3. The second kappa shape index (κ2) is 5.57. The normalized spacial score (nSPS) is 15.1. The number of aryl methyl sites for hydroxylation is 1. The fourth-order valence-electron chi connectivity index (χ4n) is 1.94. The number of carbonyl (C=O) groups is 1. The first-order valence-electron chi connectivity index (χ1n) is 6.64. The van der Waals surface area contributed by atoms with Crippen LogP contribution in [0.2, 0.25) is 0 Å². The zero-order valence-corrected chi connectivity index (χ0v) is 11.4. The minimum Gasteiger partial charge on any atom is -0.464 e. The Labute approximate surface area is 108 Å². The van der Waals surface area contributed by atoms with E-state index in [1.165, 1.54) is 0 Å². The number of nitrogens with one attached hydrogen (secondary N) is 1. The molecule has 1 aromatic heterocycles. The van der Waals surface area contributed by atoms with Crippen molar-refractivity contribution >= 4 is 5.91 Å². The summed E-state index contributed by atoms with van der Waals surface area (Å²) in [5, 5.41) is 3.18. The summed E-state index contributed by atoms with van der Waals surface area (Å²) in [4.78, 5) is 14.1. The highest BCUT2D eigenvalue weighted by molar-refractivity contribution is 5.78. The first-order valence-corrected chi connectivity index (χ1v) is 6.64. The van der Waals surface area contributed by atoms with Crippen LogP contribution in [0.25, 0.3) is 0 Å². The van der Waals surface area contributed by atoms with E-state index in [9.17, 15) is 4.79 Å². The number of rotatable bonds is 6. The van der Waals surface area contributed by atoms with Gasteiger partial charge in [0.2, 0.25) is 5.91 Å². The lowest BCUT2D eigenvalue weighted by molar-refractivity contribution is -0.131. The van der Waals surface area contributed by atoms with Crippen LogP contribution in [0.15, 0.2) is 16.5 Å². The average molecular weight is 250 g/mol. The highest BCUT2D eigenvalue weighted by atomic mass is 16.3. The van der Waals surface area contributed by atoms with E-state index < -0.39 is 0 Å². The molecule has 0 aliphatic heterocycles. The molecule has 0 aromatic carbocycles. The van der Waals surface area contributed by atoms with Gasteiger partial charge in [-0.2, -0.15) is 0 Å². The molecule has 1 N–H and O–H groups in total. The summed E-state index contributed by atoms with van der Waals surface area (Å²) in [5.41, 5.74) is 0. The van der Waals surface area contributed by atoms with Gasteiger partial charge < -0.3 is 14.6 Å². The van der Waals surface area contributed by atoms with Gasteiger partial charge in [0.25, 0.3) is 0 Å². The Hall–Kier alpha value is -1.29. The van der Waals surface area contributed by atoms with Gasteiger partial charge in [0.1, 0.15) is 11.5 Å². The predicted molar refractivity (Wildman–Crippen MR) is 70.2 cm³/mol. The molecule has 1 fully saturated rings. The molecule has 18 heavy (non-hydrogen) atoms.